The van der Waals surface area contributed by atoms with Crippen LogP contribution in [0.25, 0.3) is 32.7 Å². The van der Waals surface area contributed by atoms with Crippen LogP contribution in [0.3, 0.4) is 0 Å². The van der Waals surface area contributed by atoms with Gasteiger partial charge in [-0.2, -0.15) is 0 Å². The van der Waals surface area contributed by atoms with Crippen molar-refractivity contribution in [2.45, 2.75) is 121 Å². The maximum absolute atomic E-state index is 14.5. The largest absolute Gasteiger partial charge is 0.496 e. The van der Waals surface area contributed by atoms with Crippen molar-refractivity contribution >= 4 is 44.6 Å². The Morgan fingerprint density at radius 1 is 0.685 bits per heavy atom. The third-order valence-electron chi connectivity index (χ3n) is 21.2. The number of methoxy groups -OCH3 is 3. The Balaban J connectivity index is 1.09. The number of fused-ring (bicyclic) bond motifs is 15. The molecule has 6 aromatic rings. The second-order valence-corrected chi connectivity index (χ2v) is 23.9. The number of esters is 2. The molecule has 7 heterocycles. The summed E-state index contributed by atoms with van der Waals surface area (Å²) >= 11 is 0. The molecule has 11 heteroatoms. The molecule has 14 atom stereocenters. The number of carbonyl (C=O) groups excluding carboxylic acids is 2. The number of H-pyrrole nitrogens is 2. The average Bonchev–Trinajstić information content (AvgIpc) is 4.10. The fraction of sp³-hybridized carbons (Fsp3) is 0.581. The first-order chi connectivity index (χ1) is 35.6. The lowest BCUT2D eigenvalue weighted by molar-refractivity contribution is -0.156. The molecule has 73 heavy (non-hydrogen) atoms. The van der Waals surface area contributed by atoms with Crippen LogP contribution in [0.4, 0.5) is 0 Å². The van der Waals surface area contributed by atoms with Crippen LogP contribution in [0.1, 0.15) is 123 Å². The highest BCUT2D eigenvalue weighted by Crippen LogP contribution is 2.58. The molecule has 0 spiro atoms. The van der Waals surface area contributed by atoms with E-state index in [2.05, 4.69) is 125 Å². The van der Waals surface area contributed by atoms with Crippen LogP contribution in [-0.2, 0) is 38.3 Å². The van der Waals surface area contributed by atoms with E-state index in [4.69, 9.17) is 14.2 Å². The number of likely N-dealkylation sites (N-methyl/N-ethyl adjacent to an activating group) is 2. The molecule has 0 unspecified atom stereocenters. The number of benzene rings is 3. The highest BCUT2D eigenvalue weighted by Gasteiger charge is 2.55. The molecule has 3 aromatic carbocycles. The normalized spacial score (nSPS) is 33.3. The second-order valence-electron chi connectivity index (χ2n) is 23.9. The molecule has 7 aliphatic rings. The van der Waals surface area contributed by atoms with Crippen molar-refractivity contribution in [1.82, 2.24) is 29.2 Å². The monoisotopic (exact) mass is 987 g/mol. The van der Waals surface area contributed by atoms with Gasteiger partial charge >= 0.3 is 11.9 Å². The number of hydrogen-bond donors (Lipinski definition) is 2. The number of aromatic amines is 2. The van der Waals surface area contributed by atoms with Crippen molar-refractivity contribution in [1.29, 1.82) is 0 Å². The number of piperidine rings is 2. The molecular weight excluding hydrogens is 909 g/mol. The topological polar surface area (TPSA) is 108 Å². The molecule has 3 saturated heterocycles. The van der Waals surface area contributed by atoms with E-state index in [1.807, 2.05) is 7.11 Å². The summed E-state index contributed by atoms with van der Waals surface area (Å²) in [4.78, 5) is 44.8. The van der Waals surface area contributed by atoms with Crippen LogP contribution in [-0.4, -0.2) is 121 Å². The molecule has 4 aliphatic heterocycles. The van der Waals surface area contributed by atoms with E-state index in [9.17, 15) is 9.59 Å². The van der Waals surface area contributed by atoms with Gasteiger partial charge < -0.3 is 38.5 Å². The highest BCUT2D eigenvalue weighted by molar-refractivity contribution is 5.95. The predicted molar refractivity (Wildman–Crippen MR) is 288 cm³/mol. The van der Waals surface area contributed by atoms with E-state index >= 15 is 0 Å². The molecule has 3 aromatic heterocycles. The second kappa shape index (κ2) is 18.3. The zero-order valence-electron chi connectivity index (χ0n) is 44.6. The van der Waals surface area contributed by atoms with Gasteiger partial charge in [0.25, 0.3) is 0 Å². The third kappa shape index (κ3) is 7.05. The van der Waals surface area contributed by atoms with Gasteiger partial charge in [0.15, 0.2) is 0 Å². The number of aromatic nitrogens is 3. The first-order valence-electron chi connectivity index (χ1n) is 28.3. The molecule has 6 bridgehead atoms. The zero-order valence-corrected chi connectivity index (χ0v) is 44.6. The number of nitrogens with one attached hydrogen (secondary N) is 2. The Morgan fingerprint density at radius 2 is 1.29 bits per heavy atom. The molecule has 3 aliphatic carbocycles. The fourth-order valence-corrected chi connectivity index (χ4v) is 18.1. The van der Waals surface area contributed by atoms with Crippen LogP contribution in [0.2, 0.25) is 0 Å². The minimum Gasteiger partial charge on any atom is -0.496 e. The summed E-state index contributed by atoms with van der Waals surface area (Å²) in [6.07, 6.45) is 9.81. The smallest absolute Gasteiger partial charge is 0.310 e. The third-order valence-corrected chi connectivity index (χ3v) is 21.2. The summed E-state index contributed by atoms with van der Waals surface area (Å²) < 4.78 is 21.5. The summed E-state index contributed by atoms with van der Waals surface area (Å²) in [7, 11) is 9.55. The van der Waals surface area contributed by atoms with Gasteiger partial charge in [-0.1, -0.05) is 82.5 Å². The molecule has 4 fully saturated rings. The van der Waals surface area contributed by atoms with Crippen molar-refractivity contribution in [3.63, 3.8) is 0 Å². The number of nitrogens with zero attached hydrogens (tertiary/aromatic N) is 4. The molecule has 2 N–H and O–H groups in total. The number of ether oxygens (including phenoxy) is 3. The van der Waals surface area contributed by atoms with Gasteiger partial charge in [-0.25, -0.2) is 0 Å². The summed E-state index contributed by atoms with van der Waals surface area (Å²) in [5.41, 5.74) is 12.9. The molecule has 386 valence electrons. The van der Waals surface area contributed by atoms with E-state index in [1.54, 1.807) is 14.2 Å². The lowest BCUT2D eigenvalue weighted by Gasteiger charge is -2.49. The summed E-state index contributed by atoms with van der Waals surface area (Å²) in [6.45, 7) is 11.2. The lowest BCUT2D eigenvalue weighted by Crippen LogP contribution is -2.56. The molecule has 1 saturated carbocycles. The molecule has 11 nitrogen and oxygen atoms in total. The lowest BCUT2D eigenvalue weighted by atomic mass is 9.64. The maximum Gasteiger partial charge on any atom is 0.310 e. The van der Waals surface area contributed by atoms with Crippen molar-refractivity contribution in [2.75, 3.05) is 61.6 Å². The first kappa shape index (κ1) is 47.6. The van der Waals surface area contributed by atoms with Crippen molar-refractivity contribution in [3.8, 4) is 5.75 Å². The van der Waals surface area contributed by atoms with Gasteiger partial charge in [-0.15, -0.1) is 0 Å². The number of carbonyl (C=O) groups is 2. The Labute approximate surface area is 431 Å². The van der Waals surface area contributed by atoms with Gasteiger partial charge in [0.2, 0.25) is 0 Å². The van der Waals surface area contributed by atoms with Gasteiger partial charge in [0, 0.05) is 106 Å². The zero-order chi connectivity index (χ0) is 50.1. The van der Waals surface area contributed by atoms with Crippen LogP contribution < -0.4 is 4.74 Å². The van der Waals surface area contributed by atoms with E-state index < -0.39 is 0 Å². The Morgan fingerprint density at radius 3 is 1.89 bits per heavy atom. The highest BCUT2D eigenvalue weighted by atomic mass is 16.5. The number of hydrogen-bond acceptors (Lipinski definition) is 8. The number of likely N-dealkylation sites (tertiary alicyclic amines) is 2. The van der Waals surface area contributed by atoms with Gasteiger partial charge in [0.05, 0.1) is 44.7 Å². The number of para-hydroxylation sites is 2. The maximum atomic E-state index is 14.5. The van der Waals surface area contributed by atoms with Crippen LogP contribution in [0.15, 0.2) is 60.7 Å². The standard InChI is InChI=1S/C62H78N6O5/c1-9-33-30-65(4)50-28-45-37-16-12-14-18-47(37)63-56(45)44(26-42(33)54(50)61(69)72-7)39-22-23-49-53(60(39)71-6)40-24-25-67-32-35-20-21-41(58(67)36(35)11-3)59(40)68(49)52-27-43-34(10-2)31-66(5)51(55(43)62(70)73-8)29-46-38-17-13-15-19-48(38)64-57(46)52/h12-19,22-23,33-36,41-44,50-52,54-55,58,63-64H,9-11,20-21,24-32H2,1-8H3/t33-,34-,35-,36-,41+,42+,43+,44-,50+,51+,52+,54+,55+,58-/m1/s1. The summed E-state index contributed by atoms with van der Waals surface area (Å²) in [5, 5.41) is 3.76. The quantitative estimate of drug-likeness (QED) is 0.145. The Hall–Kier alpha value is -5.10. The minimum atomic E-state index is -0.245. The number of rotatable bonds is 8. The summed E-state index contributed by atoms with van der Waals surface area (Å²) in [6, 6.07) is 23.1. The van der Waals surface area contributed by atoms with Crippen LogP contribution in [0, 0.1) is 47.3 Å². The summed E-state index contributed by atoms with van der Waals surface area (Å²) in [5.74, 6) is 3.03. The van der Waals surface area contributed by atoms with Crippen LogP contribution >= 0.6 is 0 Å². The van der Waals surface area contributed by atoms with Gasteiger partial charge in [-0.05, 0) is 129 Å². The minimum absolute atomic E-state index is 0.0362. The predicted octanol–water partition coefficient (Wildman–Crippen LogP) is 10.5. The molecule has 0 radical (unpaired) electrons. The molecule has 0 amide bonds. The van der Waals surface area contributed by atoms with Crippen molar-refractivity contribution in [3.05, 3.63) is 100.0 Å². The van der Waals surface area contributed by atoms with Crippen molar-refractivity contribution < 1.29 is 23.8 Å². The van der Waals surface area contributed by atoms with Gasteiger partial charge in [0.1, 0.15) is 5.75 Å². The van der Waals surface area contributed by atoms with E-state index in [0.29, 0.717) is 29.7 Å². The van der Waals surface area contributed by atoms with Crippen molar-refractivity contribution in [2.24, 2.45) is 47.3 Å². The molecular formula is C62H78N6O5. The SMILES string of the molecule is CC[C@@H]1CN(C)[C@H]2Cc3c([nH]c4ccccc34)[C@@H](c3ccc4c(c5c(n4[C@H]4C[C@H]6[C@H](CC)CN(C)[C@@H](Cc7c4[nH]c4ccccc74)[C@H]6C(=O)OC)[C@H]4CC[C@@H]6CN(CC5)[C@@H]4[C@@H]6CC)c3OC)C[C@@H]1[C@@H]2C(=O)OC. The fourth-order valence-electron chi connectivity index (χ4n) is 18.1. The van der Waals surface area contributed by atoms with Gasteiger partial charge in [-0.3, -0.25) is 14.5 Å². The Kier molecular flexibility index (Phi) is 12.0. The Bertz CT molecular complexity index is 3110. The average molecular weight is 987 g/mol. The van der Waals surface area contributed by atoms with Crippen LogP contribution in [0.5, 0.6) is 5.75 Å². The van der Waals surface area contributed by atoms with E-state index in [0.717, 1.165) is 81.8 Å². The molecule has 13 rings (SSSR count). The van der Waals surface area contributed by atoms with E-state index in [1.165, 1.54) is 92.3 Å². The van der Waals surface area contributed by atoms with E-state index in [-0.39, 0.29) is 59.7 Å². The first-order valence-corrected chi connectivity index (χ1v) is 28.3.